The second kappa shape index (κ2) is 7.91. The molecular formula is C18H11ClNO3S2-. The second-order valence-corrected chi connectivity index (χ2v) is 7.68. The van der Waals surface area contributed by atoms with Gasteiger partial charge in [0.15, 0.2) is 0 Å². The summed E-state index contributed by atoms with van der Waals surface area (Å²) < 4.78 is 0.669. The number of rotatable bonds is 4. The maximum absolute atomic E-state index is 12.1. The van der Waals surface area contributed by atoms with Gasteiger partial charge in [-0.2, -0.15) is 0 Å². The molecule has 1 heterocycles. The van der Waals surface area contributed by atoms with Crippen LogP contribution in [0.15, 0.2) is 59.2 Å². The van der Waals surface area contributed by atoms with Crippen LogP contribution in [-0.4, -0.2) is 15.5 Å². The SMILES string of the molecule is O=C1SC(SCc2ccccc2Cl)=N/C1=C\c1ccc(C(=O)[O-])cc1. The van der Waals surface area contributed by atoms with E-state index in [-0.39, 0.29) is 10.7 Å². The van der Waals surface area contributed by atoms with Crippen molar-refractivity contribution in [1.82, 2.24) is 0 Å². The highest BCUT2D eigenvalue weighted by Crippen LogP contribution is 2.33. The van der Waals surface area contributed by atoms with Gasteiger partial charge in [0, 0.05) is 10.8 Å². The molecule has 0 spiro atoms. The van der Waals surface area contributed by atoms with Gasteiger partial charge in [-0.1, -0.05) is 65.8 Å². The van der Waals surface area contributed by atoms with Gasteiger partial charge in [0.25, 0.3) is 0 Å². The number of carboxylic acids is 1. The molecule has 0 bridgehead atoms. The first-order valence-corrected chi connectivity index (χ1v) is 9.41. The van der Waals surface area contributed by atoms with Crippen LogP contribution in [0.1, 0.15) is 21.5 Å². The standard InChI is InChI=1S/C18H12ClNO3S2/c19-14-4-2-1-3-13(14)10-24-18-20-15(17(23)25-18)9-11-5-7-12(8-6-11)16(21)22/h1-9H,10H2,(H,21,22)/p-1/b15-9-. The predicted molar refractivity (Wildman–Crippen MR) is 102 cm³/mol. The fraction of sp³-hybridized carbons (Fsp3) is 0.0556. The summed E-state index contributed by atoms with van der Waals surface area (Å²) in [5.41, 5.74) is 2.12. The smallest absolute Gasteiger partial charge is 0.244 e. The second-order valence-electron chi connectivity index (χ2n) is 5.09. The molecule has 0 aliphatic carbocycles. The normalized spacial score (nSPS) is 15.5. The van der Waals surface area contributed by atoms with Crippen LogP contribution < -0.4 is 5.11 Å². The zero-order valence-electron chi connectivity index (χ0n) is 12.8. The van der Waals surface area contributed by atoms with Gasteiger partial charge in [-0.15, -0.1) is 0 Å². The first-order chi connectivity index (χ1) is 12.0. The lowest BCUT2D eigenvalue weighted by atomic mass is 10.1. The molecule has 25 heavy (non-hydrogen) atoms. The lowest BCUT2D eigenvalue weighted by Crippen LogP contribution is -2.21. The zero-order valence-corrected chi connectivity index (χ0v) is 15.2. The van der Waals surface area contributed by atoms with Crippen molar-refractivity contribution in [3.8, 4) is 0 Å². The number of aromatic carboxylic acids is 1. The third-order valence-corrected chi connectivity index (χ3v) is 5.79. The van der Waals surface area contributed by atoms with Gasteiger partial charge in [-0.3, -0.25) is 4.79 Å². The van der Waals surface area contributed by atoms with Gasteiger partial charge in [0.1, 0.15) is 10.1 Å². The van der Waals surface area contributed by atoms with Crippen LogP contribution >= 0.6 is 35.1 Å². The van der Waals surface area contributed by atoms with Crippen LogP contribution in [0.3, 0.4) is 0 Å². The lowest BCUT2D eigenvalue weighted by Gasteiger charge is -2.02. The van der Waals surface area contributed by atoms with Crippen molar-refractivity contribution in [2.75, 3.05) is 0 Å². The van der Waals surface area contributed by atoms with E-state index in [0.717, 1.165) is 17.3 Å². The Bertz CT molecular complexity index is 891. The van der Waals surface area contributed by atoms with Gasteiger partial charge in [0.05, 0.1) is 5.97 Å². The van der Waals surface area contributed by atoms with Gasteiger partial charge >= 0.3 is 0 Å². The number of aliphatic imine (C=N–C) groups is 1. The van der Waals surface area contributed by atoms with Crippen molar-refractivity contribution < 1.29 is 14.7 Å². The minimum Gasteiger partial charge on any atom is -0.545 e. The zero-order chi connectivity index (χ0) is 17.8. The molecule has 126 valence electrons. The average Bonchev–Trinajstić information content (AvgIpc) is 2.94. The van der Waals surface area contributed by atoms with E-state index in [9.17, 15) is 14.7 Å². The van der Waals surface area contributed by atoms with Crippen molar-refractivity contribution in [3.63, 3.8) is 0 Å². The molecule has 7 heteroatoms. The molecule has 1 aliphatic rings. The summed E-state index contributed by atoms with van der Waals surface area (Å²) in [6.45, 7) is 0. The van der Waals surface area contributed by atoms with Gasteiger partial charge in [0.2, 0.25) is 5.12 Å². The highest BCUT2D eigenvalue weighted by Gasteiger charge is 2.22. The Balaban J connectivity index is 1.71. The minimum atomic E-state index is -1.23. The third-order valence-electron chi connectivity index (χ3n) is 3.36. The van der Waals surface area contributed by atoms with E-state index in [4.69, 9.17) is 11.6 Å². The van der Waals surface area contributed by atoms with Crippen molar-refractivity contribution in [3.05, 3.63) is 75.9 Å². The fourth-order valence-electron chi connectivity index (χ4n) is 2.08. The molecule has 0 radical (unpaired) electrons. The van der Waals surface area contributed by atoms with Crippen LogP contribution in [0, 0.1) is 0 Å². The molecule has 4 nitrogen and oxygen atoms in total. The summed E-state index contributed by atoms with van der Waals surface area (Å²) in [5.74, 6) is -0.602. The van der Waals surface area contributed by atoms with Crippen molar-refractivity contribution in [2.45, 2.75) is 5.75 Å². The van der Waals surface area contributed by atoms with E-state index in [1.807, 2.05) is 24.3 Å². The molecule has 0 amide bonds. The number of carboxylic acid groups (broad SMARTS) is 1. The molecular weight excluding hydrogens is 378 g/mol. The predicted octanol–water partition coefficient (Wildman–Crippen LogP) is 3.61. The van der Waals surface area contributed by atoms with E-state index in [2.05, 4.69) is 4.99 Å². The van der Waals surface area contributed by atoms with E-state index in [0.29, 0.717) is 26.4 Å². The number of thioether (sulfide) groups is 2. The van der Waals surface area contributed by atoms with Crippen molar-refractivity contribution in [2.24, 2.45) is 4.99 Å². The molecule has 1 aliphatic heterocycles. The van der Waals surface area contributed by atoms with Gasteiger partial charge < -0.3 is 9.90 Å². The van der Waals surface area contributed by atoms with Crippen molar-refractivity contribution >= 4 is 56.7 Å². The third kappa shape index (κ3) is 4.54. The molecule has 0 atom stereocenters. The van der Waals surface area contributed by atoms with Crippen LogP contribution in [0.25, 0.3) is 6.08 Å². The Morgan fingerprint density at radius 1 is 1.20 bits per heavy atom. The summed E-state index contributed by atoms with van der Waals surface area (Å²) in [4.78, 5) is 27.2. The van der Waals surface area contributed by atoms with E-state index in [1.54, 1.807) is 18.2 Å². The number of carbonyl (C=O) groups is 2. The molecule has 3 rings (SSSR count). The summed E-state index contributed by atoms with van der Waals surface area (Å²) in [5, 5.41) is 11.3. The highest BCUT2D eigenvalue weighted by atomic mass is 35.5. The molecule has 0 unspecified atom stereocenters. The Morgan fingerprint density at radius 2 is 1.92 bits per heavy atom. The number of hydrogen-bond acceptors (Lipinski definition) is 6. The largest absolute Gasteiger partial charge is 0.545 e. The summed E-state index contributed by atoms with van der Waals surface area (Å²) in [7, 11) is 0. The summed E-state index contributed by atoms with van der Waals surface area (Å²) >= 11 is 8.67. The van der Waals surface area contributed by atoms with E-state index >= 15 is 0 Å². The molecule has 0 fully saturated rings. The topological polar surface area (TPSA) is 69.6 Å². The molecule has 2 aromatic rings. The highest BCUT2D eigenvalue weighted by molar-refractivity contribution is 8.45. The molecule has 0 saturated heterocycles. The van der Waals surface area contributed by atoms with Gasteiger partial charge in [-0.25, -0.2) is 4.99 Å². The van der Waals surface area contributed by atoms with Crippen molar-refractivity contribution in [1.29, 1.82) is 0 Å². The van der Waals surface area contributed by atoms with E-state index in [1.165, 1.54) is 23.9 Å². The Morgan fingerprint density at radius 3 is 2.60 bits per heavy atom. The number of carbonyl (C=O) groups excluding carboxylic acids is 2. The molecule has 0 aromatic heterocycles. The fourth-order valence-corrected chi connectivity index (χ4v) is 4.21. The van der Waals surface area contributed by atoms with Gasteiger partial charge in [-0.05, 0) is 40.6 Å². The van der Waals surface area contributed by atoms with Crippen LogP contribution in [0.2, 0.25) is 5.02 Å². The van der Waals surface area contributed by atoms with Crippen LogP contribution in [-0.2, 0) is 10.5 Å². The Kier molecular flexibility index (Phi) is 5.63. The lowest BCUT2D eigenvalue weighted by molar-refractivity contribution is -0.255. The maximum Gasteiger partial charge on any atom is 0.244 e. The van der Waals surface area contributed by atoms with E-state index < -0.39 is 5.97 Å². The first-order valence-electron chi connectivity index (χ1n) is 7.23. The molecule has 2 aromatic carbocycles. The Labute approximate surface area is 158 Å². The Hall–Kier alpha value is -2.02. The number of nitrogens with zero attached hydrogens (tertiary/aromatic N) is 1. The number of hydrogen-bond donors (Lipinski definition) is 0. The minimum absolute atomic E-state index is 0.0914. The summed E-state index contributed by atoms with van der Waals surface area (Å²) in [6.07, 6.45) is 1.64. The quantitative estimate of drug-likeness (QED) is 0.748. The van der Waals surface area contributed by atoms with Crippen LogP contribution in [0.5, 0.6) is 0 Å². The average molecular weight is 389 g/mol. The number of halogens is 1. The number of benzene rings is 2. The van der Waals surface area contributed by atoms with Crippen LogP contribution in [0.4, 0.5) is 0 Å². The summed E-state index contributed by atoms with van der Waals surface area (Å²) in [6, 6.07) is 13.6. The first kappa shape index (κ1) is 17.8. The molecule has 0 saturated carbocycles. The molecule has 0 N–H and O–H groups in total. The maximum atomic E-state index is 12.1. The monoisotopic (exact) mass is 388 g/mol.